The van der Waals surface area contributed by atoms with E-state index in [1.54, 1.807) is 0 Å². The van der Waals surface area contributed by atoms with Gasteiger partial charge in [-0.1, -0.05) is 303 Å². The molecule has 0 saturated heterocycles. The second-order valence-electron chi connectivity index (χ2n) is 30.7. The minimum Gasteiger partial charge on any atom is -0.261 e. The molecule has 14 aromatic carbocycles. The van der Waals surface area contributed by atoms with E-state index in [1.807, 2.05) is 30.5 Å². The van der Waals surface area contributed by atoms with Crippen LogP contribution in [0.1, 0.15) is 67.0 Å². The minimum absolute atomic E-state index is 0.616. The quantitative estimate of drug-likeness (QED) is 0.127. The van der Waals surface area contributed by atoms with Crippen LogP contribution in [0.2, 0.25) is 0 Å². The van der Waals surface area contributed by atoms with Crippen molar-refractivity contribution in [3.63, 3.8) is 0 Å². The molecule has 0 amide bonds. The molecule has 2 atom stereocenters. The molecule has 4 aliphatic rings. The second kappa shape index (κ2) is 26.1. The van der Waals surface area contributed by atoms with Crippen molar-refractivity contribution in [3.05, 3.63) is 425 Å². The van der Waals surface area contributed by atoms with Gasteiger partial charge in [0.05, 0.1) is 27.9 Å². The van der Waals surface area contributed by atoms with Crippen molar-refractivity contribution in [2.75, 3.05) is 0 Å². The van der Waals surface area contributed by atoms with E-state index in [2.05, 4.69) is 355 Å². The molecule has 0 fully saturated rings. The first-order valence-electron chi connectivity index (χ1n) is 39.1. The number of rotatable bonds is 11. The van der Waals surface area contributed by atoms with Gasteiger partial charge in [-0.25, -0.2) is 24.9 Å². The normalized spacial score (nSPS) is 14.7. The van der Waals surface area contributed by atoms with E-state index >= 15 is 0 Å². The molecule has 18 aromatic rings. The van der Waals surface area contributed by atoms with Crippen molar-refractivity contribution >= 4 is 0 Å². The molecule has 22 rings (SSSR count). The molecule has 7 nitrogen and oxygen atoms in total. The fraction of sp³-hybridized carbons (Fsp3) is 0.0561. The Kier molecular flexibility index (Phi) is 15.2. The monoisotopic (exact) mass is 1450 g/mol. The maximum absolute atomic E-state index is 5.71. The molecule has 114 heavy (non-hydrogen) atoms. The standard InChI is InChI=1S/C107H71N7/c1-64-55-56-108-67(4)100(64)78-48-53-93-87(60-78)83-33-18-21-35-91(83)106(93)95-52-47-77(99-63-98(72-27-13-7-14-28-72)110-102(111-99)74-41-37-70(38-42-74)68-23-9-5-10-24-68)59-88(95)89-61-79(49-54-96(89)106)101-65(2)57-85(66(3)109-101)76-46-51-94-86(58-76)82-32-19-22-36-92(82)107(94)90-34-20-17-31-81(90)84-50-45-80(62-97(84)107)105-113-103(73-29-15-8-16-30-73)112-104(114-105)75-43-39-71(40-44-75)69-25-11-6-12-26-69/h5-63H,1-4H3. The fourth-order valence-corrected chi connectivity index (χ4v) is 19.2. The first-order valence-corrected chi connectivity index (χ1v) is 39.1. The Morgan fingerprint density at radius 1 is 0.193 bits per heavy atom. The van der Waals surface area contributed by atoms with Gasteiger partial charge in [-0.15, -0.1) is 0 Å². The lowest BCUT2D eigenvalue weighted by Gasteiger charge is -2.31. The number of nitrogens with zero attached hydrogens (tertiary/aromatic N) is 7. The van der Waals surface area contributed by atoms with Crippen molar-refractivity contribution in [1.82, 2.24) is 34.9 Å². The van der Waals surface area contributed by atoms with E-state index in [9.17, 15) is 0 Å². The van der Waals surface area contributed by atoms with Gasteiger partial charge < -0.3 is 0 Å². The molecule has 0 bridgehead atoms. The van der Waals surface area contributed by atoms with Gasteiger partial charge in [-0.2, -0.15) is 0 Å². The first kappa shape index (κ1) is 66.5. The summed E-state index contributed by atoms with van der Waals surface area (Å²) in [5.41, 5.74) is 41.2. The molecular weight excluding hydrogens is 1380 g/mol. The summed E-state index contributed by atoms with van der Waals surface area (Å²) in [6.45, 7) is 8.72. The maximum atomic E-state index is 5.71. The number of benzene rings is 14. The van der Waals surface area contributed by atoms with Gasteiger partial charge in [0.15, 0.2) is 23.3 Å². The van der Waals surface area contributed by atoms with Crippen LogP contribution in [0.25, 0.3) is 168 Å². The Balaban J connectivity index is 0.669. The predicted molar refractivity (Wildman–Crippen MR) is 462 cm³/mol. The summed E-state index contributed by atoms with van der Waals surface area (Å²) in [6, 6.07) is 128. The van der Waals surface area contributed by atoms with Gasteiger partial charge in [0.1, 0.15) is 0 Å². The zero-order valence-electron chi connectivity index (χ0n) is 63.2. The Bertz CT molecular complexity index is 6980. The molecule has 7 heteroatoms. The van der Waals surface area contributed by atoms with Crippen LogP contribution in [0, 0.1) is 27.7 Å². The van der Waals surface area contributed by atoms with E-state index in [0.29, 0.717) is 23.3 Å². The van der Waals surface area contributed by atoms with Gasteiger partial charge in [0.2, 0.25) is 0 Å². The summed E-state index contributed by atoms with van der Waals surface area (Å²) in [7, 11) is 0. The number of hydrogen-bond donors (Lipinski definition) is 0. The zero-order valence-corrected chi connectivity index (χ0v) is 63.2. The average Bonchev–Trinajstić information content (AvgIpc) is 1.51. The lowest BCUT2D eigenvalue weighted by molar-refractivity contribution is 0.794. The lowest BCUT2D eigenvalue weighted by atomic mass is 9.70. The lowest BCUT2D eigenvalue weighted by Crippen LogP contribution is -2.25. The number of fused-ring (bicyclic) bond motifs is 20. The van der Waals surface area contributed by atoms with Gasteiger partial charge in [-0.05, 0) is 210 Å². The highest BCUT2D eigenvalue weighted by Gasteiger charge is 2.54. The highest BCUT2D eigenvalue weighted by Crippen LogP contribution is 2.66. The number of aromatic nitrogens is 7. The summed E-state index contributed by atoms with van der Waals surface area (Å²) < 4.78 is 0. The Morgan fingerprint density at radius 2 is 0.544 bits per heavy atom. The Hall–Kier alpha value is -14.5. The van der Waals surface area contributed by atoms with E-state index < -0.39 is 10.8 Å². The number of aryl methyl sites for hydroxylation is 4. The molecule has 0 saturated carbocycles. The topological polar surface area (TPSA) is 90.2 Å². The number of pyridine rings is 2. The molecule has 2 spiro atoms. The summed E-state index contributed by atoms with van der Waals surface area (Å²) in [6.07, 6.45) is 1.91. The highest BCUT2D eigenvalue weighted by atomic mass is 15.0. The molecule has 0 N–H and O–H groups in total. The van der Waals surface area contributed by atoms with Crippen LogP contribution in [0.4, 0.5) is 0 Å². The summed E-state index contributed by atoms with van der Waals surface area (Å²) >= 11 is 0. The SMILES string of the molecule is Cc1cc(-c2ccc3c(c2)-c2ccccc2C32c3ccccc3-c3ccc(-c4nc(-c5ccccc5)nc(-c5ccc(-c6ccccc6)cc5)n4)cc32)c(C)nc1-c1ccc2c(c1)-c1cc(-c3cc(-c4ccccc4)nc(-c4ccc(-c5ccccc5)cc4)n3)ccc1C21c2ccccc2-c2cc(-c3c(C)ccnc3C)ccc21. The molecule has 0 radical (unpaired) electrons. The van der Waals surface area contributed by atoms with Gasteiger partial charge >= 0.3 is 0 Å². The molecule has 0 aliphatic heterocycles. The van der Waals surface area contributed by atoms with Gasteiger partial charge in [-0.3, -0.25) is 9.97 Å². The molecule has 4 heterocycles. The molecular formula is C107H71N7. The largest absolute Gasteiger partial charge is 0.261 e. The van der Waals surface area contributed by atoms with Crippen molar-refractivity contribution in [2.45, 2.75) is 38.5 Å². The third-order valence-electron chi connectivity index (χ3n) is 24.4. The van der Waals surface area contributed by atoms with Crippen LogP contribution in [0.15, 0.2) is 358 Å². The maximum Gasteiger partial charge on any atom is 0.164 e. The van der Waals surface area contributed by atoms with Crippen molar-refractivity contribution in [2.24, 2.45) is 0 Å². The first-order chi connectivity index (χ1) is 56.1. The van der Waals surface area contributed by atoms with Crippen LogP contribution in [0.3, 0.4) is 0 Å². The van der Waals surface area contributed by atoms with Crippen LogP contribution < -0.4 is 0 Å². The van der Waals surface area contributed by atoms with E-state index in [0.717, 1.165) is 117 Å². The van der Waals surface area contributed by atoms with Crippen molar-refractivity contribution in [3.8, 4) is 168 Å². The second-order valence-corrected chi connectivity index (χ2v) is 30.7. The minimum atomic E-state index is -0.641. The molecule has 534 valence electrons. The molecule has 4 aromatic heterocycles. The average molecular weight is 1450 g/mol. The van der Waals surface area contributed by atoms with Gasteiger partial charge in [0, 0.05) is 67.7 Å². The van der Waals surface area contributed by atoms with Crippen LogP contribution in [-0.2, 0) is 10.8 Å². The van der Waals surface area contributed by atoms with Crippen molar-refractivity contribution in [1.29, 1.82) is 0 Å². The summed E-state index contributed by atoms with van der Waals surface area (Å²) in [4.78, 5) is 37.1. The number of hydrogen-bond acceptors (Lipinski definition) is 7. The summed E-state index contributed by atoms with van der Waals surface area (Å²) in [5.74, 6) is 2.52. The third kappa shape index (κ3) is 10.3. The predicted octanol–water partition coefficient (Wildman–Crippen LogP) is 25.7. The van der Waals surface area contributed by atoms with Crippen LogP contribution >= 0.6 is 0 Å². The van der Waals surface area contributed by atoms with Crippen LogP contribution in [-0.4, -0.2) is 34.9 Å². The third-order valence-corrected chi connectivity index (χ3v) is 24.4. The molecule has 2 unspecified atom stereocenters. The fourth-order valence-electron chi connectivity index (χ4n) is 19.2. The van der Waals surface area contributed by atoms with Gasteiger partial charge in [0.25, 0.3) is 0 Å². The van der Waals surface area contributed by atoms with E-state index in [-0.39, 0.29) is 0 Å². The smallest absolute Gasteiger partial charge is 0.164 e. The zero-order chi connectivity index (χ0) is 75.9. The van der Waals surface area contributed by atoms with E-state index in [1.165, 1.54) is 94.6 Å². The molecule has 4 aliphatic carbocycles. The van der Waals surface area contributed by atoms with Crippen molar-refractivity contribution < 1.29 is 0 Å². The highest BCUT2D eigenvalue weighted by molar-refractivity contribution is 6.00. The van der Waals surface area contributed by atoms with E-state index in [4.69, 9.17) is 34.9 Å². The Labute approximate surface area is 662 Å². The summed E-state index contributed by atoms with van der Waals surface area (Å²) in [5, 5.41) is 0. The van der Waals surface area contributed by atoms with Crippen LogP contribution in [0.5, 0.6) is 0 Å². The Morgan fingerprint density at radius 3 is 1.09 bits per heavy atom.